The molecule has 2 aromatic carbocycles. The van der Waals surface area contributed by atoms with Gasteiger partial charge in [0.25, 0.3) is 0 Å². The molecular formula is C25H39N3Zr. The van der Waals surface area contributed by atoms with Crippen LogP contribution in [0.15, 0.2) is 24.3 Å². The van der Waals surface area contributed by atoms with Crippen molar-refractivity contribution < 1.29 is 26.2 Å². The molecule has 4 heteroatoms. The van der Waals surface area contributed by atoms with E-state index in [4.69, 9.17) is 10.6 Å². The summed E-state index contributed by atoms with van der Waals surface area (Å²) in [4.78, 5) is 2.31. The van der Waals surface area contributed by atoms with Gasteiger partial charge in [-0.1, -0.05) is 57.6 Å². The van der Waals surface area contributed by atoms with Crippen LogP contribution >= 0.6 is 0 Å². The zero-order valence-corrected chi connectivity index (χ0v) is 22.4. The Bertz CT molecular complexity index is 646. The van der Waals surface area contributed by atoms with Gasteiger partial charge in [0.2, 0.25) is 0 Å². The smallest absolute Gasteiger partial charge is 0.683 e. The first kappa shape index (κ1) is 30.1. The molecule has 2 aromatic rings. The second kappa shape index (κ2) is 14.0. The van der Waals surface area contributed by atoms with Gasteiger partial charge < -0.3 is 30.4 Å². The van der Waals surface area contributed by atoms with E-state index in [0.717, 1.165) is 37.6 Å². The normalized spacial score (nSPS) is 9.93. The predicted octanol–water partition coefficient (Wildman–Crippen LogP) is 7.08. The van der Waals surface area contributed by atoms with E-state index in [1.807, 2.05) is 0 Å². The Labute approximate surface area is 199 Å². The summed E-state index contributed by atoms with van der Waals surface area (Å²) in [5.41, 5.74) is 9.99. The average molecular weight is 473 g/mol. The minimum Gasteiger partial charge on any atom is -0.683 e. The van der Waals surface area contributed by atoms with Crippen molar-refractivity contribution in [2.24, 2.45) is 0 Å². The van der Waals surface area contributed by atoms with Crippen molar-refractivity contribution in [3.05, 3.63) is 83.1 Å². The van der Waals surface area contributed by atoms with Crippen LogP contribution < -0.4 is 0 Å². The van der Waals surface area contributed by atoms with Crippen molar-refractivity contribution in [2.45, 2.75) is 41.5 Å². The average Bonchev–Trinajstić information content (AvgIpc) is 2.52. The van der Waals surface area contributed by atoms with Crippen LogP contribution in [0.5, 0.6) is 0 Å². The van der Waals surface area contributed by atoms with Crippen molar-refractivity contribution in [1.29, 1.82) is 0 Å². The van der Waals surface area contributed by atoms with Gasteiger partial charge >= 0.3 is 26.2 Å². The second-order valence-corrected chi connectivity index (χ2v) is 7.56. The zero-order valence-electron chi connectivity index (χ0n) is 20.0. The molecule has 0 atom stereocenters. The molecule has 0 spiro atoms. The number of hydrogen-bond donors (Lipinski definition) is 0. The third-order valence-electron chi connectivity index (χ3n) is 4.77. The van der Waals surface area contributed by atoms with E-state index < -0.39 is 0 Å². The number of rotatable bonds is 8. The van der Waals surface area contributed by atoms with Gasteiger partial charge in [-0.25, -0.2) is 0 Å². The van der Waals surface area contributed by atoms with Crippen LogP contribution in [0.4, 0.5) is 11.4 Å². The summed E-state index contributed by atoms with van der Waals surface area (Å²) in [5, 5.41) is 9.64. The van der Waals surface area contributed by atoms with Gasteiger partial charge in [0, 0.05) is 0 Å². The molecule has 0 amide bonds. The number of benzene rings is 2. The van der Waals surface area contributed by atoms with Gasteiger partial charge in [-0.05, 0) is 61.7 Å². The third kappa shape index (κ3) is 9.05. The van der Waals surface area contributed by atoms with E-state index >= 15 is 0 Å². The van der Waals surface area contributed by atoms with Gasteiger partial charge in [0.05, 0.1) is 0 Å². The Morgan fingerprint density at radius 1 is 0.621 bits per heavy atom. The van der Waals surface area contributed by atoms with Crippen LogP contribution in [0.2, 0.25) is 0 Å². The molecule has 0 heterocycles. The number of nitrogens with zero attached hydrogens (tertiary/aromatic N) is 3. The van der Waals surface area contributed by atoms with Crippen LogP contribution in [-0.4, -0.2) is 38.1 Å². The molecule has 0 N–H and O–H groups in total. The van der Waals surface area contributed by atoms with Gasteiger partial charge in [-0.15, -0.1) is 24.5 Å². The summed E-state index contributed by atoms with van der Waals surface area (Å²) < 4.78 is 0. The van der Waals surface area contributed by atoms with Gasteiger partial charge in [0.15, 0.2) is 0 Å². The standard InChI is InChI=1S/C23H33N3.2CH3.Zr/c1-16-12-18(3)22(19(4)13-16)24-8-10-26(7)11-9-25-23-20(5)14-17(2)15-21(23)6;;;/h12-15H,8-11H2,1-7H3;2*1H3;/q-2;2*-1;+4. The number of likely N-dealkylation sites (N-methyl/N-ethyl adjacent to an activating group) is 1. The Morgan fingerprint density at radius 3 is 1.17 bits per heavy atom. The van der Waals surface area contributed by atoms with Gasteiger partial charge in [-0.2, -0.15) is 0 Å². The first-order chi connectivity index (χ1) is 12.3. The molecule has 29 heavy (non-hydrogen) atoms. The molecule has 0 unspecified atom stereocenters. The molecule has 0 saturated carbocycles. The predicted molar refractivity (Wildman–Crippen MR) is 127 cm³/mol. The van der Waals surface area contributed by atoms with Crippen LogP contribution in [0.25, 0.3) is 10.6 Å². The SMILES string of the molecule is Cc1cc(C)c([N-]CCN(C)CC[N-]c2c(C)cc(C)cc2C)c(C)c1.[CH3-].[CH3-].[Zr+4]. The second-order valence-electron chi connectivity index (χ2n) is 7.56. The zero-order chi connectivity index (χ0) is 19.3. The van der Waals surface area contributed by atoms with E-state index in [1.54, 1.807) is 0 Å². The molecule has 0 aromatic heterocycles. The van der Waals surface area contributed by atoms with Crippen molar-refractivity contribution in [1.82, 2.24) is 4.90 Å². The quantitative estimate of drug-likeness (QED) is 0.378. The molecular weight excluding hydrogens is 434 g/mol. The molecule has 0 aliphatic heterocycles. The minimum atomic E-state index is 0. The van der Waals surface area contributed by atoms with E-state index in [2.05, 4.69) is 77.8 Å². The summed E-state index contributed by atoms with van der Waals surface area (Å²) in [5.74, 6) is 0. The summed E-state index contributed by atoms with van der Waals surface area (Å²) >= 11 is 0. The van der Waals surface area contributed by atoms with Crippen molar-refractivity contribution in [3.63, 3.8) is 0 Å². The maximum atomic E-state index is 4.82. The summed E-state index contributed by atoms with van der Waals surface area (Å²) in [6, 6.07) is 8.84. The molecule has 0 bridgehead atoms. The van der Waals surface area contributed by atoms with Crippen molar-refractivity contribution in [3.8, 4) is 0 Å². The molecule has 3 nitrogen and oxygen atoms in total. The fourth-order valence-corrected chi connectivity index (χ4v) is 3.62. The maximum Gasteiger partial charge on any atom is 4.00 e. The molecule has 0 fully saturated rings. The van der Waals surface area contributed by atoms with Crippen LogP contribution in [0.1, 0.15) is 33.4 Å². The van der Waals surface area contributed by atoms with Crippen LogP contribution in [0.3, 0.4) is 0 Å². The van der Waals surface area contributed by atoms with Crippen molar-refractivity contribution >= 4 is 11.4 Å². The molecule has 0 radical (unpaired) electrons. The van der Waals surface area contributed by atoms with Crippen molar-refractivity contribution in [2.75, 3.05) is 33.2 Å². The summed E-state index contributed by atoms with van der Waals surface area (Å²) in [6.45, 7) is 16.4. The topological polar surface area (TPSA) is 31.4 Å². The van der Waals surface area contributed by atoms with Crippen LogP contribution in [-0.2, 0) is 26.2 Å². The Kier molecular flexibility index (Phi) is 14.5. The Morgan fingerprint density at radius 2 is 0.897 bits per heavy atom. The van der Waals surface area contributed by atoms with E-state index in [0.29, 0.717) is 0 Å². The van der Waals surface area contributed by atoms with Crippen LogP contribution in [0, 0.1) is 56.4 Å². The Balaban J connectivity index is 0. The molecule has 0 saturated heterocycles. The first-order valence-corrected chi connectivity index (χ1v) is 9.47. The van der Waals surface area contributed by atoms with E-state index in [1.165, 1.54) is 33.4 Å². The third-order valence-corrected chi connectivity index (χ3v) is 4.77. The van der Waals surface area contributed by atoms with Gasteiger partial charge in [0.1, 0.15) is 0 Å². The summed E-state index contributed by atoms with van der Waals surface area (Å²) in [7, 11) is 2.15. The molecule has 0 aliphatic rings. The van der Waals surface area contributed by atoms with E-state index in [9.17, 15) is 0 Å². The fraction of sp³-hybridized carbons (Fsp3) is 0.440. The monoisotopic (exact) mass is 471 g/mol. The fourth-order valence-electron chi connectivity index (χ4n) is 3.62. The number of hydrogen-bond acceptors (Lipinski definition) is 1. The van der Waals surface area contributed by atoms with E-state index in [-0.39, 0.29) is 41.1 Å². The first-order valence-electron chi connectivity index (χ1n) is 9.47. The molecule has 2 rings (SSSR count). The maximum absolute atomic E-state index is 4.82. The molecule has 158 valence electrons. The largest absolute Gasteiger partial charge is 4.00 e. The number of aryl methyl sites for hydroxylation is 6. The minimum absolute atomic E-state index is 0. The summed E-state index contributed by atoms with van der Waals surface area (Å²) in [6.07, 6.45) is 0. The Hall–Kier alpha value is -1.12. The molecule has 0 aliphatic carbocycles. The van der Waals surface area contributed by atoms with Gasteiger partial charge in [-0.3, -0.25) is 0 Å².